The van der Waals surface area contributed by atoms with Gasteiger partial charge in [0.25, 0.3) is 0 Å². The lowest BCUT2D eigenvalue weighted by Crippen LogP contribution is -2.26. The van der Waals surface area contributed by atoms with E-state index in [2.05, 4.69) is 5.16 Å². The first-order valence-corrected chi connectivity index (χ1v) is 10.2. The van der Waals surface area contributed by atoms with Crippen molar-refractivity contribution in [3.05, 3.63) is 59.8 Å². The van der Waals surface area contributed by atoms with Crippen LogP contribution in [0.2, 0.25) is 0 Å². The van der Waals surface area contributed by atoms with Gasteiger partial charge in [-0.05, 0) is 42.8 Å². The molecular formula is C24H24N2O6. The van der Waals surface area contributed by atoms with Crippen LogP contribution in [-0.2, 0) is 20.9 Å². The van der Waals surface area contributed by atoms with Gasteiger partial charge in [-0.3, -0.25) is 9.59 Å². The molecule has 1 atom stereocenters. The molecule has 1 aromatic heterocycles. The molecule has 0 N–H and O–H groups in total. The standard InChI is InChI=1S/C24H24N2O6/c1-15-5-4-6-19(9-15)26-13-17(11-23(26)27)24(28)31-14-18-12-21(32-25-18)16-7-8-20(29-2)22(10-16)30-3/h4-10,12,17H,11,13-14H2,1-3H3. The minimum atomic E-state index is -0.514. The Morgan fingerprint density at radius 1 is 1.12 bits per heavy atom. The third kappa shape index (κ3) is 4.44. The van der Waals surface area contributed by atoms with Crippen molar-refractivity contribution in [2.75, 3.05) is 25.7 Å². The SMILES string of the molecule is COc1ccc(-c2cc(COC(=O)C3CC(=O)N(c4cccc(C)c4)C3)no2)cc1OC. The fourth-order valence-corrected chi connectivity index (χ4v) is 3.68. The summed E-state index contributed by atoms with van der Waals surface area (Å²) in [6, 6.07) is 14.7. The second-order valence-corrected chi connectivity index (χ2v) is 7.60. The largest absolute Gasteiger partial charge is 0.493 e. The van der Waals surface area contributed by atoms with Crippen LogP contribution in [0.3, 0.4) is 0 Å². The number of methoxy groups -OCH3 is 2. The maximum Gasteiger partial charge on any atom is 0.311 e. The Bertz CT molecular complexity index is 1140. The van der Waals surface area contributed by atoms with Gasteiger partial charge in [0, 0.05) is 30.3 Å². The molecule has 1 saturated heterocycles. The molecule has 0 radical (unpaired) electrons. The summed E-state index contributed by atoms with van der Waals surface area (Å²) in [7, 11) is 3.12. The number of benzene rings is 2. The van der Waals surface area contributed by atoms with E-state index in [1.807, 2.05) is 37.3 Å². The molecule has 166 valence electrons. The number of amides is 1. The maximum atomic E-state index is 12.5. The van der Waals surface area contributed by atoms with Crippen LogP contribution >= 0.6 is 0 Å². The second kappa shape index (κ2) is 9.13. The van der Waals surface area contributed by atoms with Crippen molar-refractivity contribution >= 4 is 17.6 Å². The number of anilines is 1. The lowest BCUT2D eigenvalue weighted by atomic mass is 10.1. The van der Waals surface area contributed by atoms with Crippen molar-refractivity contribution in [2.45, 2.75) is 20.0 Å². The first-order chi connectivity index (χ1) is 15.5. The first-order valence-electron chi connectivity index (χ1n) is 10.2. The Morgan fingerprint density at radius 2 is 1.94 bits per heavy atom. The van der Waals surface area contributed by atoms with E-state index in [0.717, 1.165) is 16.8 Å². The highest BCUT2D eigenvalue weighted by Gasteiger charge is 2.36. The molecule has 32 heavy (non-hydrogen) atoms. The zero-order chi connectivity index (χ0) is 22.7. The van der Waals surface area contributed by atoms with Gasteiger partial charge in [-0.25, -0.2) is 0 Å². The third-order valence-electron chi connectivity index (χ3n) is 5.36. The summed E-state index contributed by atoms with van der Waals surface area (Å²) in [4.78, 5) is 26.6. The number of carbonyl (C=O) groups is 2. The van der Waals surface area contributed by atoms with Crippen molar-refractivity contribution in [1.82, 2.24) is 5.16 Å². The number of hydrogen-bond donors (Lipinski definition) is 0. The molecule has 4 rings (SSSR count). The van der Waals surface area contributed by atoms with Gasteiger partial charge in [0.2, 0.25) is 5.91 Å². The molecule has 2 heterocycles. The van der Waals surface area contributed by atoms with Crippen molar-refractivity contribution in [1.29, 1.82) is 0 Å². The van der Waals surface area contributed by atoms with E-state index in [4.69, 9.17) is 18.7 Å². The van der Waals surface area contributed by atoms with Crippen molar-refractivity contribution in [2.24, 2.45) is 5.92 Å². The van der Waals surface area contributed by atoms with Crippen molar-refractivity contribution in [3.8, 4) is 22.8 Å². The average Bonchev–Trinajstić information content (AvgIpc) is 3.44. The summed E-state index contributed by atoms with van der Waals surface area (Å²) in [5, 5.41) is 3.97. The van der Waals surface area contributed by atoms with Crippen LogP contribution in [0.25, 0.3) is 11.3 Å². The highest BCUT2D eigenvalue weighted by atomic mass is 16.5. The van der Waals surface area contributed by atoms with E-state index in [0.29, 0.717) is 29.5 Å². The maximum absolute atomic E-state index is 12.5. The molecule has 1 fully saturated rings. The molecule has 0 bridgehead atoms. The number of carbonyl (C=O) groups excluding carboxylic acids is 2. The van der Waals surface area contributed by atoms with Crippen LogP contribution in [0.1, 0.15) is 17.7 Å². The van der Waals surface area contributed by atoms with Gasteiger partial charge in [-0.15, -0.1) is 0 Å². The zero-order valence-electron chi connectivity index (χ0n) is 18.2. The summed E-state index contributed by atoms with van der Waals surface area (Å²) in [5.41, 5.74) is 3.07. The predicted octanol–water partition coefficient (Wildman–Crippen LogP) is 3.76. The fraction of sp³-hybridized carbons (Fsp3) is 0.292. The number of aryl methyl sites for hydroxylation is 1. The molecule has 2 aromatic carbocycles. The fourth-order valence-electron chi connectivity index (χ4n) is 3.68. The van der Waals surface area contributed by atoms with Crippen molar-refractivity contribution in [3.63, 3.8) is 0 Å². The quantitative estimate of drug-likeness (QED) is 0.521. The first kappa shape index (κ1) is 21.4. The second-order valence-electron chi connectivity index (χ2n) is 7.60. The van der Waals surface area contributed by atoms with E-state index in [1.165, 1.54) is 0 Å². The van der Waals surface area contributed by atoms with Gasteiger partial charge >= 0.3 is 5.97 Å². The van der Waals surface area contributed by atoms with Gasteiger partial charge in [-0.2, -0.15) is 0 Å². The molecule has 1 unspecified atom stereocenters. The van der Waals surface area contributed by atoms with Crippen molar-refractivity contribution < 1.29 is 28.3 Å². The smallest absolute Gasteiger partial charge is 0.311 e. The van der Waals surface area contributed by atoms with Gasteiger partial charge in [-0.1, -0.05) is 17.3 Å². The molecule has 0 saturated carbocycles. The normalized spacial score (nSPS) is 15.7. The van der Waals surface area contributed by atoms with Crippen LogP contribution in [0, 0.1) is 12.8 Å². The van der Waals surface area contributed by atoms with Crippen LogP contribution < -0.4 is 14.4 Å². The summed E-state index contributed by atoms with van der Waals surface area (Å²) >= 11 is 0. The van der Waals surface area contributed by atoms with E-state index in [-0.39, 0.29) is 18.9 Å². The monoisotopic (exact) mass is 436 g/mol. The highest BCUT2D eigenvalue weighted by molar-refractivity contribution is 5.99. The molecule has 0 spiro atoms. The van der Waals surface area contributed by atoms with Crippen LogP contribution in [0.4, 0.5) is 5.69 Å². The molecule has 8 nitrogen and oxygen atoms in total. The highest BCUT2D eigenvalue weighted by Crippen LogP contribution is 2.32. The number of rotatable bonds is 7. The number of hydrogen-bond acceptors (Lipinski definition) is 7. The average molecular weight is 436 g/mol. The number of aromatic nitrogens is 1. The predicted molar refractivity (Wildman–Crippen MR) is 116 cm³/mol. The number of ether oxygens (including phenoxy) is 3. The topological polar surface area (TPSA) is 91.1 Å². The van der Waals surface area contributed by atoms with E-state index < -0.39 is 11.9 Å². The lowest BCUT2D eigenvalue weighted by molar-refractivity contribution is -0.149. The summed E-state index contributed by atoms with van der Waals surface area (Å²) < 4.78 is 21.3. The Labute approximate surface area is 185 Å². The lowest BCUT2D eigenvalue weighted by Gasteiger charge is -2.17. The van der Waals surface area contributed by atoms with Gasteiger partial charge < -0.3 is 23.6 Å². The molecule has 1 amide bonds. The Balaban J connectivity index is 1.37. The van der Waals surface area contributed by atoms with Gasteiger partial charge in [0.15, 0.2) is 17.3 Å². The molecule has 0 aliphatic carbocycles. The van der Waals surface area contributed by atoms with Crippen LogP contribution in [-0.4, -0.2) is 37.8 Å². The molecule has 8 heteroatoms. The molecule has 1 aliphatic heterocycles. The third-order valence-corrected chi connectivity index (χ3v) is 5.36. The zero-order valence-corrected chi connectivity index (χ0v) is 18.2. The van der Waals surface area contributed by atoms with E-state index in [1.54, 1.807) is 37.3 Å². The van der Waals surface area contributed by atoms with Gasteiger partial charge in [0.1, 0.15) is 12.3 Å². The van der Waals surface area contributed by atoms with E-state index >= 15 is 0 Å². The number of nitrogens with zero attached hydrogens (tertiary/aromatic N) is 2. The van der Waals surface area contributed by atoms with E-state index in [9.17, 15) is 9.59 Å². The number of esters is 1. The minimum absolute atomic E-state index is 0.0369. The Morgan fingerprint density at radius 3 is 2.69 bits per heavy atom. The molecule has 3 aromatic rings. The van der Waals surface area contributed by atoms with Gasteiger partial charge in [0.05, 0.1) is 20.1 Å². The summed E-state index contributed by atoms with van der Waals surface area (Å²) in [6.45, 7) is 2.23. The van der Waals surface area contributed by atoms with Crippen LogP contribution in [0.5, 0.6) is 11.5 Å². The van der Waals surface area contributed by atoms with Crippen LogP contribution in [0.15, 0.2) is 53.1 Å². The molecular weight excluding hydrogens is 412 g/mol. The Kier molecular flexibility index (Phi) is 6.11. The molecule has 1 aliphatic rings. The summed E-state index contributed by atoms with van der Waals surface area (Å²) in [6.07, 6.45) is 0.127. The minimum Gasteiger partial charge on any atom is -0.493 e. The summed E-state index contributed by atoms with van der Waals surface area (Å²) in [5.74, 6) is 0.659. The Hall–Kier alpha value is -3.81.